The molecular weight excluding hydrogens is 404 g/mol. The summed E-state index contributed by atoms with van der Waals surface area (Å²) in [6.45, 7) is 8.28. The third-order valence-electron chi connectivity index (χ3n) is 6.01. The van der Waals surface area contributed by atoms with Gasteiger partial charge < -0.3 is 9.64 Å². The first-order valence-corrected chi connectivity index (χ1v) is 11.1. The van der Waals surface area contributed by atoms with Gasteiger partial charge in [-0.3, -0.25) is 14.5 Å². The van der Waals surface area contributed by atoms with Gasteiger partial charge in [0.15, 0.2) is 0 Å². The van der Waals surface area contributed by atoms with Gasteiger partial charge in [-0.25, -0.2) is 4.68 Å². The zero-order valence-electron chi connectivity index (χ0n) is 18.7. The number of fused-ring (bicyclic) bond motifs is 1. The third kappa shape index (κ3) is 5.06. The summed E-state index contributed by atoms with van der Waals surface area (Å²) in [5.41, 5.74) is 1.56. The number of aryl methyl sites for hydroxylation is 1. The lowest BCUT2D eigenvalue weighted by molar-refractivity contribution is -0.135. The molecule has 2 aromatic carbocycles. The fourth-order valence-corrected chi connectivity index (χ4v) is 4.26. The molecule has 3 aromatic rings. The second kappa shape index (κ2) is 10.1. The summed E-state index contributed by atoms with van der Waals surface area (Å²) >= 11 is 0. The van der Waals surface area contributed by atoms with Crippen LogP contribution in [0.1, 0.15) is 18.2 Å². The van der Waals surface area contributed by atoms with Crippen molar-refractivity contribution < 1.29 is 9.53 Å². The van der Waals surface area contributed by atoms with Gasteiger partial charge in [-0.05, 0) is 25.5 Å². The number of carbonyl (C=O) groups is 1. The highest BCUT2D eigenvalue weighted by Gasteiger charge is 2.24. The van der Waals surface area contributed by atoms with E-state index in [4.69, 9.17) is 4.74 Å². The van der Waals surface area contributed by atoms with E-state index in [1.54, 1.807) is 6.07 Å². The molecule has 1 unspecified atom stereocenters. The number of morpholine rings is 1. The van der Waals surface area contributed by atoms with Crippen LogP contribution in [-0.4, -0.2) is 64.4 Å². The number of benzene rings is 2. The number of ether oxygens (including phenoxy) is 1. The van der Waals surface area contributed by atoms with Gasteiger partial charge in [-0.1, -0.05) is 48.5 Å². The summed E-state index contributed by atoms with van der Waals surface area (Å²) in [6.07, 6.45) is 0. The highest BCUT2D eigenvalue weighted by Crippen LogP contribution is 2.14. The van der Waals surface area contributed by atoms with Gasteiger partial charge in [0.2, 0.25) is 5.91 Å². The predicted octanol–water partition coefficient (Wildman–Crippen LogP) is 2.45. The van der Waals surface area contributed by atoms with Crippen LogP contribution in [0.15, 0.2) is 59.4 Å². The van der Waals surface area contributed by atoms with E-state index >= 15 is 0 Å². The molecule has 1 atom stereocenters. The largest absolute Gasteiger partial charge is 0.379 e. The molecule has 0 spiro atoms. The standard InChI is InChI=1S/C25H30N4O3/c1-19(16-27-12-14-32-15-13-27)28(17-21-8-4-3-5-9-21)24(30)18-29-25(31)23-11-7-6-10-22(23)20(2)26-29/h3-11,19H,12-18H2,1-2H3. The molecule has 1 aliphatic rings. The minimum Gasteiger partial charge on any atom is -0.379 e. The van der Waals surface area contributed by atoms with Gasteiger partial charge >= 0.3 is 0 Å². The van der Waals surface area contributed by atoms with E-state index in [-0.39, 0.29) is 24.1 Å². The van der Waals surface area contributed by atoms with Crippen molar-refractivity contribution in [2.45, 2.75) is 33.0 Å². The maximum atomic E-state index is 13.5. The number of carbonyl (C=O) groups excluding carboxylic acids is 1. The maximum absolute atomic E-state index is 13.5. The fourth-order valence-electron chi connectivity index (χ4n) is 4.26. The van der Waals surface area contributed by atoms with Crippen molar-refractivity contribution in [2.24, 2.45) is 0 Å². The second-order valence-electron chi connectivity index (χ2n) is 8.36. The molecule has 168 valence electrons. The Bertz CT molecular complexity index is 1120. The Morgan fingerprint density at radius 1 is 1.06 bits per heavy atom. The van der Waals surface area contributed by atoms with E-state index in [1.165, 1.54) is 4.68 Å². The molecule has 0 radical (unpaired) electrons. The Labute approximate surface area is 188 Å². The summed E-state index contributed by atoms with van der Waals surface area (Å²) in [5.74, 6) is -0.112. The predicted molar refractivity (Wildman–Crippen MR) is 124 cm³/mol. The number of amides is 1. The zero-order valence-corrected chi connectivity index (χ0v) is 18.7. The normalized spacial score (nSPS) is 15.6. The van der Waals surface area contributed by atoms with Gasteiger partial charge in [-0.15, -0.1) is 0 Å². The molecule has 4 rings (SSSR count). The lowest BCUT2D eigenvalue weighted by atomic mass is 10.1. The molecule has 1 fully saturated rings. The molecule has 1 saturated heterocycles. The highest BCUT2D eigenvalue weighted by atomic mass is 16.5. The summed E-state index contributed by atoms with van der Waals surface area (Å²) in [4.78, 5) is 30.7. The van der Waals surface area contributed by atoms with Crippen LogP contribution < -0.4 is 5.56 Å². The summed E-state index contributed by atoms with van der Waals surface area (Å²) < 4.78 is 6.76. The summed E-state index contributed by atoms with van der Waals surface area (Å²) in [7, 11) is 0. The third-order valence-corrected chi connectivity index (χ3v) is 6.01. The molecule has 1 aliphatic heterocycles. The topological polar surface area (TPSA) is 67.7 Å². The van der Waals surface area contributed by atoms with Gasteiger partial charge in [0.25, 0.3) is 5.56 Å². The Kier molecular flexibility index (Phi) is 6.97. The average molecular weight is 435 g/mol. The number of rotatable bonds is 7. The molecule has 1 amide bonds. The fraction of sp³-hybridized carbons (Fsp3) is 0.400. The van der Waals surface area contributed by atoms with E-state index in [2.05, 4.69) is 16.9 Å². The van der Waals surface area contributed by atoms with Crippen LogP contribution in [-0.2, 0) is 22.6 Å². The van der Waals surface area contributed by atoms with Crippen molar-refractivity contribution >= 4 is 16.7 Å². The van der Waals surface area contributed by atoms with Gasteiger partial charge in [0.05, 0.1) is 24.3 Å². The minimum atomic E-state index is -0.236. The Hall–Kier alpha value is -3.03. The molecule has 2 heterocycles. The van der Waals surface area contributed by atoms with Crippen LogP contribution in [0.3, 0.4) is 0 Å². The van der Waals surface area contributed by atoms with E-state index < -0.39 is 0 Å². The second-order valence-corrected chi connectivity index (χ2v) is 8.36. The minimum absolute atomic E-state index is 0.0157. The van der Waals surface area contributed by atoms with Crippen LogP contribution in [0.5, 0.6) is 0 Å². The van der Waals surface area contributed by atoms with Crippen LogP contribution in [0, 0.1) is 6.92 Å². The van der Waals surface area contributed by atoms with E-state index in [1.807, 2.05) is 60.4 Å². The van der Waals surface area contributed by atoms with E-state index in [0.717, 1.165) is 49.5 Å². The highest BCUT2D eigenvalue weighted by molar-refractivity contribution is 5.83. The zero-order chi connectivity index (χ0) is 22.5. The first-order valence-electron chi connectivity index (χ1n) is 11.1. The van der Waals surface area contributed by atoms with Crippen LogP contribution in [0.4, 0.5) is 0 Å². The number of hydrogen-bond donors (Lipinski definition) is 0. The number of nitrogens with zero attached hydrogens (tertiary/aromatic N) is 4. The van der Waals surface area contributed by atoms with Gasteiger partial charge in [-0.2, -0.15) is 5.10 Å². The van der Waals surface area contributed by atoms with Crippen molar-refractivity contribution in [3.8, 4) is 0 Å². The molecule has 7 nitrogen and oxygen atoms in total. The first kappa shape index (κ1) is 22.2. The maximum Gasteiger partial charge on any atom is 0.275 e. The first-order chi connectivity index (χ1) is 15.5. The van der Waals surface area contributed by atoms with E-state index in [0.29, 0.717) is 11.9 Å². The molecular formula is C25H30N4O3. The SMILES string of the molecule is Cc1nn(CC(=O)N(Cc2ccccc2)C(C)CN2CCOCC2)c(=O)c2ccccc12. The molecule has 0 aliphatic carbocycles. The summed E-state index contributed by atoms with van der Waals surface area (Å²) in [6, 6.07) is 17.3. The molecule has 0 bridgehead atoms. The van der Waals surface area contributed by atoms with Crippen molar-refractivity contribution in [1.29, 1.82) is 0 Å². The average Bonchev–Trinajstić information content (AvgIpc) is 2.82. The van der Waals surface area contributed by atoms with Crippen LogP contribution in [0.25, 0.3) is 10.8 Å². The van der Waals surface area contributed by atoms with Crippen molar-refractivity contribution in [2.75, 3.05) is 32.8 Å². The summed E-state index contributed by atoms with van der Waals surface area (Å²) in [5, 5.41) is 5.84. The molecule has 1 aromatic heterocycles. The lowest BCUT2D eigenvalue weighted by Gasteiger charge is -2.35. The van der Waals surface area contributed by atoms with Crippen molar-refractivity contribution in [3.63, 3.8) is 0 Å². The molecule has 0 saturated carbocycles. The van der Waals surface area contributed by atoms with Gasteiger partial charge in [0, 0.05) is 37.6 Å². The molecule has 0 N–H and O–H groups in total. The van der Waals surface area contributed by atoms with Crippen LogP contribution >= 0.6 is 0 Å². The van der Waals surface area contributed by atoms with Crippen molar-refractivity contribution in [1.82, 2.24) is 19.6 Å². The monoisotopic (exact) mass is 434 g/mol. The Balaban J connectivity index is 1.58. The molecule has 32 heavy (non-hydrogen) atoms. The molecule has 7 heteroatoms. The smallest absolute Gasteiger partial charge is 0.275 e. The Morgan fingerprint density at radius 2 is 1.72 bits per heavy atom. The van der Waals surface area contributed by atoms with E-state index in [9.17, 15) is 9.59 Å². The van der Waals surface area contributed by atoms with Crippen LogP contribution in [0.2, 0.25) is 0 Å². The number of hydrogen-bond acceptors (Lipinski definition) is 5. The lowest BCUT2D eigenvalue weighted by Crippen LogP contribution is -2.49. The quantitative estimate of drug-likeness (QED) is 0.572. The number of aromatic nitrogens is 2. The van der Waals surface area contributed by atoms with Crippen molar-refractivity contribution in [3.05, 3.63) is 76.2 Å². The Morgan fingerprint density at radius 3 is 2.44 bits per heavy atom. The van der Waals surface area contributed by atoms with Gasteiger partial charge in [0.1, 0.15) is 6.54 Å².